The number of ether oxygens (including phenoxy) is 2. The lowest BCUT2D eigenvalue weighted by Gasteiger charge is -2.16. The summed E-state index contributed by atoms with van der Waals surface area (Å²) in [5, 5.41) is 2.62. The van der Waals surface area contributed by atoms with E-state index in [0.29, 0.717) is 17.2 Å². The van der Waals surface area contributed by atoms with Crippen LogP contribution in [0.4, 0.5) is 5.69 Å². The van der Waals surface area contributed by atoms with Crippen molar-refractivity contribution in [2.24, 2.45) is 23.7 Å². The van der Waals surface area contributed by atoms with E-state index in [2.05, 4.69) is 5.32 Å². The van der Waals surface area contributed by atoms with Gasteiger partial charge in [0.2, 0.25) is 11.8 Å². The lowest BCUT2D eigenvalue weighted by atomic mass is 9.85. The van der Waals surface area contributed by atoms with Gasteiger partial charge in [-0.1, -0.05) is 30.4 Å². The molecule has 1 saturated heterocycles. The number of amides is 3. The smallest absolute Gasteiger partial charge is 0.326 e. The number of imide groups is 1. The summed E-state index contributed by atoms with van der Waals surface area (Å²) in [5.74, 6) is -1.22. The summed E-state index contributed by atoms with van der Waals surface area (Å²) in [6.45, 7) is -0.986. The highest BCUT2D eigenvalue weighted by Crippen LogP contribution is 2.52. The van der Waals surface area contributed by atoms with Crippen LogP contribution in [0.15, 0.2) is 66.7 Å². The summed E-state index contributed by atoms with van der Waals surface area (Å²) in [5.41, 5.74) is 0.511. The number of benzene rings is 2. The zero-order chi connectivity index (χ0) is 22.9. The number of fused-ring (bicyclic) bond motifs is 5. The van der Waals surface area contributed by atoms with Crippen LogP contribution in [0.1, 0.15) is 6.42 Å². The van der Waals surface area contributed by atoms with Gasteiger partial charge in [-0.3, -0.25) is 24.1 Å². The molecule has 0 aromatic heterocycles. The van der Waals surface area contributed by atoms with Crippen LogP contribution in [0, 0.1) is 23.7 Å². The van der Waals surface area contributed by atoms with E-state index >= 15 is 0 Å². The van der Waals surface area contributed by atoms with Crippen LogP contribution in [-0.2, 0) is 23.9 Å². The van der Waals surface area contributed by atoms with Gasteiger partial charge in [0.15, 0.2) is 6.61 Å². The Labute approximate surface area is 190 Å². The normalized spacial score (nSPS) is 24.7. The van der Waals surface area contributed by atoms with Crippen LogP contribution in [0.2, 0.25) is 0 Å². The van der Waals surface area contributed by atoms with E-state index in [-0.39, 0.29) is 35.5 Å². The zero-order valence-electron chi connectivity index (χ0n) is 17.7. The van der Waals surface area contributed by atoms with Gasteiger partial charge in [0, 0.05) is 5.69 Å². The summed E-state index contributed by atoms with van der Waals surface area (Å²) in [4.78, 5) is 50.5. The Morgan fingerprint density at radius 3 is 2.12 bits per heavy atom. The third-order valence-corrected chi connectivity index (χ3v) is 6.33. The maximum Gasteiger partial charge on any atom is 0.326 e. The number of allylic oxidation sites excluding steroid dienone is 2. The molecule has 2 aliphatic carbocycles. The van der Waals surface area contributed by atoms with Gasteiger partial charge in [0.1, 0.15) is 18.0 Å². The standard InChI is InChI=1S/C25H22N2O6/c28-20(26-17-8-10-19(11-9-17)33-18-4-2-1-3-5-18)14-32-21(29)13-27-24(30)22-15-6-7-16(12-15)23(22)25(27)31/h1-11,15-16,22-23H,12-14H2,(H,26,28)/t15-,16-,22-,23-/m0/s1. The monoisotopic (exact) mass is 446 g/mol. The molecule has 168 valence electrons. The first-order valence-electron chi connectivity index (χ1n) is 10.8. The van der Waals surface area contributed by atoms with Crippen molar-refractivity contribution in [3.8, 4) is 11.5 Å². The Morgan fingerprint density at radius 2 is 1.48 bits per heavy atom. The Balaban J connectivity index is 1.09. The number of esters is 1. The molecular formula is C25H22N2O6. The van der Waals surface area contributed by atoms with E-state index in [4.69, 9.17) is 9.47 Å². The maximum atomic E-state index is 12.6. The first kappa shape index (κ1) is 20.9. The van der Waals surface area contributed by atoms with E-state index in [1.54, 1.807) is 24.3 Å². The van der Waals surface area contributed by atoms with Crippen LogP contribution >= 0.6 is 0 Å². The van der Waals surface area contributed by atoms with Crippen molar-refractivity contribution in [3.63, 3.8) is 0 Å². The number of para-hydroxylation sites is 1. The molecule has 1 heterocycles. The van der Waals surface area contributed by atoms with E-state index in [0.717, 1.165) is 11.3 Å². The Morgan fingerprint density at radius 1 is 0.879 bits per heavy atom. The molecule has 1 aliphatic heterocycles. The highest BCUT2D eigenvalue weighted by Gasteiger charge is 2.59. The average molecular weight is 446 g/mol. The van der Waals surface area contributed by atoms with E-state index < -0.39 is 25.0 Å². The summed E-state index contributed by atoms with van der Waals surface area (Å²) >= 11 is 0. The van der Waals surface area contributed by atoms with Crippen molar-refractivity contribution >= 4 is 29.4 Å². The zero-order valence-corrected chi connectivity index (χ0v) is 17.7. The number of carbonyl (C=O) groups excluding carboxylic acids is 4. The van der Waals surface area contributed by atoms with E-state index in [9.17, 15) is 19.2 Å². The van der Waals surface area contributed by atoms with Gasteiger partial charge in [0.05, 0.1) is 11.8 Å². The molecule has 2 aromatic rings. The molecule has 4 atom stereocenters. The molecule has 3 amide bonds. The van der Waals surface area contributed by atoms with Crippen molar-refractivity contribution in [2.75, 3.05) is 18.5 Å². The van der Waals surface area contributed by atoms with Crippen molar-refractivity contribution < 1.29 is 28.7 Å². The fourth-order valence-electron chi connectivity index (χ4n) is 4.87. The van der Waals surface area contributed by atoms with Gasteiger partial charge < -0.3 is 14.8 Å². The van der Waals surface area contributed by atoms with Crippen LogP contribution in [0.5, 0.6) is 11.5 Å². The second-order valence-electron chi connectivity index (χ2n) is 8.41. The molecule has 1 saturated carbocycles. The number of carbonyl (C=O) groups is 4. The second kappa shape index (κ2) is 8.54. The van der Waals surface area contributed by atoms with Crippen molar-refractivity contribution in [1.29, 1.82) is 0 Å². The molecule has 2 bridgehead atoms. The molecule has 2 fully saturated rings. The van der Waals surface area contributed by atoms with E-state index in [1.807, 2.05) is 42.5 Å². The van der Waals surface area contributed by atoms with Crippen molar-refractivity contribution in [2.45, 2.75) is 6.42 Å². The maximum absolute atomic E-state index is 12.6. The molecule has 3 aliphatic rings. The van der Waals surface area contributed by atoms with Gasteiger partial charge in [-0.25, -0.2) is 0 Å². The molecular weight excluding hydrogens is 424 g/mol. The highest BCUT2D eigenvalue weighted by molar-refractivity contribution is 6.08. The molecule has 8 nitrogen and oxygen atoms in total. The number of hydrogen-bond donors (Lipinski definition) is 1. The molecule has 1 N–H and O–H groups in total. The summed E-state index contributed by atoms with van der Waals surface area (Å²) in [6, 6.07) is 16.0. The van der Waals surface area contributed by atoms with Crippen molar-refractivity contribution in [1.82, 2.24) is 4.90 Å². The Kier molecular flexibility index (Phi) is 5.42. The van der Waals surface area contributed by atoms with Gasteiger partial charge >= 0.3 is 5.97 Å². The predicted octanol–water partition coefficient (Wildman–Crippen LogP) is 2.77. The Bertz CT molecular complexity index is 1100. The fourth-order valence-corrected chi connectivity index (χ4v) is 4.87. The highest BCUT2D eigenvalue weighted by atomic mass is 16.5. The largest absolute Gasteiger partial charge is 0.457 e. The molecule has 0 unspecified atom stereocenters. The van der Waals surface area contributed by atoms with Crippen LogP contribution < -0.4 is 10.1 Å². The van der Waals surface area contributed by atoms with Crippen molar-refractivity contribution in [3.05, 3.63) is 66.7 Å². The van der Waals surface area contributed by atoms with E-state index in [1.165, 1.54) is 0 Å². The first-order valence-corrected chi connectivity index (χ1v) is 10.8. The summed E-state index contributed by atoms with van der Waals surface area (Å²) < 4.78 is 10.7. The third kappa shape index (κ3) is 4.11. The molecule has 8 heteroatoms. The Hall–Kier alpha value is -3.94. The van der Waals surface area contributed by atoms with Crippen LogP contribution in [-0.4, -0.2) is 41.7 Å². The number of anilines is 1. The van der Waals surface area contributed by atoms with Gasteiger partial charge in [-0.15, -0.1) is 0 Å². The van der Waals surface area contributed by atoms with Gasteiger partial charge in [0.25, 0.3) is 5.91 Å². The molecule has 33 heavy (non-hydrogen) atoms. The second-order valence-corrected chi connectivity index (χ2v) is 8.41. The van der Waals surface area contributed by atoms with Gasteiger partial charge in [-0.05, 0) is 54.7 Å². The summed E-state index contributed by atoms with van der Waals surface area (Å²) in [7, 11) is 0. The molecule has 0 spiro atoms. The number of nitrogens with one attached hydrogen (secondary N) is 1. The lowest BCUT2D eigenvalue weighted by molar-refractivity contribution is -0.154. The molecule has 0 radical (unpaired) electrons. The molecule has 5 rings (SSSR count). The minimum Gasteiger partial charge on any atom is -0.457 e. The van der Waals surface area contributed by atoms with Crippen LogP contribution in [0.25, 0.3) is 0 Å². The average Bonchev–Trinajstić information content (AvgIpc) is 3.50. The SMILES string of the molecule is O=C(COC(=O)CN1C(=O)[C@@H]2[C@@H](C1=O)[C@H]1C=C[C@H]2C1)Nc1ccc(Oc2ccccc2)cc1. The minimum atomic E-state index is -0.793. The number of hydrogen-bond acceptors (Lipinski definition) is 6. The fraction of sp³-hybridized carbons (Fsp3) is 0.280. The first-order chi connectivity index (χ1) is 16.0. The predicted molar refractivity (Wildman–Crippen MR) is 117 cm³/mol. The summed E-state index contributed by atoms with van der Waals surface area (Å²) in [6.07, 6.45) is 4.80. The number of rotatable bonds is 7. The van der Waals surface area contributed by atoms with Gasteiger partial charge in [-0.2, -0.15) is 0 Å². The molecule has 2 aromatic carbocycles. The minimum absolute atomic E-state index is 0.0766. The van der Waals surface area contributed by atoms with Crippen LogP contribution in [0.3, 0.4) is 0 Å². The topological polar surface area (TPSA) is 102 Å². The quantitative estimate of drug-likeness (QED) is 0.399. The number of likely N-dealkylation sites (tertiary alicyclic amines) is 1. The number of nitrogens with zero attached hydrogens (tertiary/aromatic N) is 1. The third-order valence-electron chi connectivity index (χ3n) is 6.33. The lowest BCUT2D eigenvalue weighted by Crippen LogP contribution is -2.38.